The van der Waals surface area contributed by atoms with Gasteiger partial charge in [0.15, 0.2) is 12.4 Å². The number of hydrogen-bond donors (Lipinski definition) is 1. The average molecular weight is 397 g/mol. The monoisotopic (exact) mass is 397 g/mol. The van der Waals surface area contributed by atoms with Crippen LogP contribution in [-0.4, -0.2) is 36.7 Å². The fraction of sp³-hybridized carbons (Fsp3) is 0.190. The molecular formula is C21H20FN3O4. The molecular weight excluding hydrogens is 377 g/mol. The lowest BCUT2D eigenvalue weighted by molar-refractivity contribution is -0.118. The van der Waals surface area contributed by atoms with Gasteiger partial charge in [-0.05, 0) is 31.2 Å². The Morgan fingerprint density at radius 3 is 2.28 bits per heavy atom. The number of hydrogen-bond acceptors (Lipinski definition) is 6. The van der Waals surface area contributed by atoms with Crippen molar-refractivity contribution in [2.45, 2.75) is 6.92 Å². The minimum Gasteiger partial charge on any atom is -0.497 e. The van der Waals surface area contributed by atoms with Crippen molar-refractivity contribution in [1.29, 1.82) is 0 Å². The summed E-state index contributed by atoms with van der Waals surface area (Å²) in [5.41, 5.74) is 1.82. The van der Waals surface area contributed by atoms with Gasteiger partial charge in [0.05, 0.1) is 14.2 Å². The predicted molar refractivity (Wildman–Crippen MR) is 106 cm³/mol. The highest BCUT2D eigenvalue weighted by Crippen LogP contribution is 2.26. The second-order valence-electron chi connectivity index (χ2n) is 6.12. The standard InChI is InChI=1S/C21H20FN3O4/c1-13-8-20(25-21(23-13)14-4-6-15(22)7-5-14)29-12-19(26)24-16-9-17(27-2)11-18(10-16)28-3/h4-11H,12H2,1-3H3,(H,24,26). The van der Waals surface area contributed by atoms with Crippen molar-refractivity contribution in [3.8, 4) is 28.8 Å². The van der Waals surface area contributed by atoms with Gasteiger partial charge in [-0.25, -0.2) is 9.37 Å². The minimum absolute atomic E-state index is 0.246. The summed E-state index contributed by atoms with van der Waals surface area (Å²) < 4.78 is 29.0. The van der Waals surface area contributed by atoms with Crippen molar-refractivity contribution in [3.63, 3.8) is 0 Å². The molecule has 1 amide bonds. The van der Waals surface area contributed by atoms with Gasteiger partial charge in [-0.3, -0.25) is 4.79 Å². The molecule has 3 rings (SSSR count). The van der Waals surface area contributed by atoms with Crippen LogP contribution in [-0.2, 0) is 4.79 Å². The van der Waals surface area contributed by atoms with Crippen LogP contribution < -0.4 is 19.5 Å². The van der Waals surface area contributed by atoms with Crippen LogP contribution in [0.15, 0.2) is 48.5 Å². The summed E-state index contributed by atoms with van der Waals surface area (Å²) in [4.78, 5) is 20.9. The maximum absolute atomic E-state index is 13.1. The maximum Gasteiger partial charge on any atom is 0.262 e. The van der Waals surface area contributed by atoms with Crippen molar-refractivity contribution >= 4 is 11.6 Å². The van der Waals surface area contributed by atoms with Crippen LogP contribution in [0.1, 0.15) is 5.69 Å². The first kappa shape index (κ1) is 20.1. The fourth-order valence-corrected chi connectivity index (χ4v) is 2.56. The van der Waals surface area contributed by atoms with Gasteiger partial charge in [-0.2, -0.15) is 4.98 Å². The molecule has 150 valence electrons. The van der Waals surface area contributed by atoms with Gasteiger partial charge in [0, 0.05) is 41.2 Å². The van der Waals surface area contributed by atoms with E-state index in [1.165, 1.54) is 26.4 Å². The third-order valence-electron chi connectivity index (χ3n) is 3.92. The normalized spacial score (nSPS) is 10.3. The molecule has 0 aliphatic heterocycles. The van der Waals surface area contributed by atoms with Crippen LogP contribution in [0.3, 0.4) is 0 Å². The summed E-state index contributed by atoms with van der Waals surface area (Å²) in [5, 5.41) is 2.72. The average Bonchev–Trinajstić information content (AvgIpc) is 2.72. The van der Waals surface area contributed by atoms with Gasteiger partial charge in [-0.1, -0.05) is 0 Å². The number of methoxy groups -OCH3 is 2. The zero-order valence-corrected chi connectivity index (χ0v) is 16.2. The number of halogens is 1. The molecule has 2 aromatic carbocycles. The molecule has 8 heteroatoms. The summed E-state index contributed by atoms with van der Waals surface area (Å²) in [6.07, 6.45) is 0. The summed E-state index contributed by atoms with van der Waals surface area (Å²) in [6.45, 7) is 1.53. The second kappa shape index (κ2) is 9.01. The predicted octanol–water partition coefficient (Wildman–Crippen LogP) is 3.63. The third kappa shape index (κ3) is 5.41. The quantitative estimate of drug-likeness (QED) is 0.656. The molecule has 0 saturated heterocycles. The summed E-state index contributed by atoms with van der Waals surface area (Å²) in [6, 6.07) is 12.5. The Morgan fingerprint density at radius 1 is 1.00 bits per heavy atom. The van der Waals surface area contributed by atoms with Gasteiger partial charge in [0.25, 0.3) is 5.91 Å². The molecule has 1 heterocycles. The number of aromatic nitrogens is 2. The number of amides is 1. The smallest absolute Gasteiger partial charge is 0.262 e. The molecule has 0 aliphatic rings. The Labute approximate surface area is 167 Å². The largest absolute Gasteiger partial charge is 0.497 e. The van der Waals surface area contributed by atoms with Crippen LogP contribution in [0.25, 0.3) is 11.4 Å². The summed E-state index contributed by atoms with van der Waals surface area (Å²) >= 11 is 0. The Hall–Kier alpha value is -3.68. The van der Waals surface area contributed by atoms with Gasteiger partial charge in [0.2, 0.25) is 5.88 Å². The molecule has 29 heavy (non-hydrogen) atoms. The number of ether oxygens (including phenoxy) is 3. The summed E-state index contributed by atoms with van der Waals surface area (Å²) in [5.74, 6) is 1.02. The van der Waals surface area contributed by atoms with E-state index >= 15 is 0 Å². The summed E-state index contributed by atoms with van der Waals surface area (Å²) in [7, 11) is 3.05. The second-order valence-corrected chi connectivity index (χ2v) is 6.12. The molecule has 1 aromatic heterocycles. The van der Waals surface area contributed by atoms with E-state index in [0.29, 0.717) is 34.3 Å². The number of nitrogens with one attached hydrogen (secondary N) is 1. The fourth-order valence-electron chi connectivity index (χ4n) is 2.56. The number of aryl methyl sites for hydroxylation is 1. The molecule has 0 saturated carbocycles. The molecule has 7 nitrogen and oxygen atoms in total. The maximum atomic E-state index is 13.1. The zero-order chi connectivity index (χ0) is 20.8. The number of rotatable bonds is 7. The number of carbonyl (C=O) groups excluding carboxylic acids is 1. The van der Waals surface area contributed by atoms with Crippen molar-refractivity contribution < 1.29 is 23.4 Å². The van der Waals surface area contributed by atoms with E-state index in [1.54, 1.807) is 43.3 Å². The SMILES string of the molecule is COc1cc(NC(=O)COc2cc(C)nc(-c3ccc(F)cc3)n2)cc(OC)c1. The molecule has 0 atom stereocenters. The third-order valence-corrected chi connectivity index (χ3v) is 3.92. The van der Waals surface area contributed by atoms with Crippen molar-refractivity contribution in [2.75, 3.05) is 26.1 Å². The van der Waals surface area contributed by atoms with Gasteiger partial charge in [-0.15, -0.1) is 0 Å². The van der Waals surface area contributed by atoms with Crippen molar-refractivity contribution in [1.82, 2.24) is 9.97 Å². The highest BCUT2D eigenvalue weighted by molar-refractivity contribution is 5.92. The van der Waals surface area contributed by atoms with E-state index in [9.17, 15) is 9.18 Å². The van der Waals surface area contributed by atoms with Crippen LogP contribution in [0.4, 0.5) is 10.1 Å². The first-order valence-corrected chi connectivity index (χ1v) is 8.74. The lowest BCUT2D eigenvalue weighted by atomic mass is 10.2. The first-order chi connectivity index (χ1) is 14.0. The van der Waals surface area contributed by atoms with E-state index < -0.39 is 0 Å². The van der Waals surface area contributed by atoms with E-state index in [-0.39, 0.29) is 24.2 Å². The lowest BCUT2D eigenvalue weighted by Gasteiger charge is -2.11. The molecule has 0 aliphatic carbocycles. The van der Waals surface area contributed by atoms with Crippen LogP contribution in [0.5, 0.6) is 17.4 Å². The molecule has 0 radical (unpaired) electrons. The van der Waals surface area contributed by atoms with Crippen molar-refractivity contribution in [3.05, 3.63) is 60.0 Å². The first-order valence-electron chi connectivity index (χ1n) is 8.74. The van der Waals surface area contributed by atoms with Gasteiger partial charge in [0.1, 0.15) is 17.3 Å². The van der Waals surface area contributed by atoms with Crippen molar-refractivity contribution in [2.24, 2.45) is 0 Å². The van der Waals surface area contributed by atoms with E-state index in [4.69, 9.17) is 14.2 Å². The van der Waals surface area contributed by atoms with E-state index in [0.717, 1.165) is 0 Å². The molecule has 0 spiro atoms. The Kier molecular flexibility index (Phi) is 6.23. The van der Waals surface area contributed by atoms with Gasteiger partial charge < -0.3 is 19.5 Å². The van der Waals surface area contributed by atoms with Crippen LogP contribution in [0.2, 0.25) is 0 Å². The van der Waals surface area contributed by atoms with E-state index in [1.807, 2.05) is 0 Å². The lowest BCUT2D eigenvalue weighted by Crippen LogP contribution is -2.20. The zero-order valence-electron chi connectivity index (χ0n) is 16.2. The number of anilines is 1. The van der Waals surface area contributed by atoms with Crippen LogP contribution in [0, 0.1) is 12.7 Å². The Bertz CT molecular complexity index is 987. The molecule has 0 fully saturated rings. The molecule has 0 unspecified atom stereocenters. The number of benzene rings is 2. The Morgan fingerprint density at radius 2 is 1.66 bits per heavy atom. The highest BCUT2D eigenvalue weighted by atomic mass is 19.1. The molecule has 3 aromatic rings. The van der Waals surface area contributed by atoms with Gasteiger partial charge >= 0.3 is 0 Å². The minimum atomic E-state index is -0.375. The van der Waals surface area contributed by atoms with E-state index in [2.05, 4.69) is 15.3 Å². The molecule has 0 bridgehead atoms. The Balaban J connectivity index is 1.68. The van der Waals surface area contributed by atoms with Crippen LogP contribution >= 0.6 is 0 Å². The number of carbonyl (C=O) groups is 1. The number of nitrogens with zero attached hydrogens (tertiary/aromatic N) is 2. The topological polar surface area (TPSA) is 82.6 Å². The highest BCUT2D eigenvalue weighted by Gasteiger charge is 2.10. The molecule has 1 N–H and O–H groups in total.